The van der Waals surface area contributed by atoms with Crippen molar-refractivity contribution in [2.75, 3.05) is 26.1 Å². The maximum absolute atomic E-state index is 11.5. The van der Waals surface area contributed by atoms with Crippen molar-refractivity contribution in [2.45, 2.75) is 58.5 Å². The number of ether oxygens (including phenoxy) is 3. The lowest BCUT2D eigenvalue weighted by molar-refractivity contribution is -0.202. The van der Waals surface area contributed by atoms with E-state index in [0.29, 0.717) is 30.0 Å². The summed E-state index contributed by atoms with van der Waals surface area (Å²) in [4.78, 5) is 11.5. The van der Waals surface area contributed by atoms with Gasteiger partial charge in [-0.1, -0.05) is 5.16 Å². The lowest BCUT2D eigenvalue weighted by Crippen LogP contribution is -2.34. The van der Waals surface area contributed by atoms with Crippen LogP contribution in [0.5, 0.6) is 0 Å². The van der Waals surface area contributed by atoms with E-state index >= 15 is 0 Å². The SMILES string of the molecule is COC1(OC)COC(c2cc(-c3c(C)noc3NC(C)=O)nn2C(C)(C)C)C1. The van der Waals surface area contributed by atoms with Crippen LogP contribution in [0.2, 0.25) is 0 Å². The van der Waals surface area contributed by atoms with Crippen LogP contribution in [0.4, 0.5) is 5.88 Å². The van der Waals surface area contributed by atoms with Crippen molar-refractivity contribution in [3.63, 3.8) is 0 Å². The Morgan fingerprint density at radius 3 is 2.57 bits per heavy atom. The molecule has 1 aliphatic heterocycles. The number of anilines is 1. The first kappa shape index (κ1) is 20.5. The molecule has 154 valence electrons. The molecule has 0 bridgehead atoms. The molecular weight excluding hydrogens is 364 g/mol. The molecule has 3 rings (SSSR count). The molecule has 0 aliphatic carbocycles. The molecule has 0 aromatic carbocycles. The highest BCUT2D eigenvalue weighted by Gasteiger charge is 2.43. The molecular formula is C19H28N4O5. The number of nitrogens with zero attached hydrogens (tertiary/aromatic N) is 3. The van der Waals surface area contributed by atoms with Crippen LogP contribution < -0.4 is 5.32 Å². The third kappa shape index (κ3) is 3.69. The average molecular weight is 392 g/mol. The van der Waals surface area contributed by atoms with E-state index in [2.05, 4.69) is 31.2 Å². The van der Waals surface area contributed by atoms with Crippen LogP contribution in [-0.4, -0.2) is 47.5 Å². The molecule has 2 aromatic rings. The van der Waals surface area contributed by atoms with Crippen molar-refractivity contribution in [2.24, 2.45) is 0 Å². The molecule has 1 N–H and O–H groups in total. The van der Waals surface area contributed by atoms with Gasteiger partial charge < -0.3 is 18.7 Å². The first-order valence-electron chi connectivity index (χ1n) is 9.17. The molecule has 0 radical (unpaired) electrons. The molecule has 1 atom stereocenters. The van der Waals surface area contributed by atoms with E-state index in [1.807, 2.05) is 17.7 Å². The summed E-state index contributed by atoms with van der Waals surface area (Å²) >= 11 is 0. The van der Waals surface area contributed by atoms with Gasteiger partial charge in [0, 0.05) is 27.6 Å². The second kappa shape index (κ2) is 7.31. The van der Waals surface area contributed by atoms with Gasteiger partial charge >= 0.3 is 0 Å². The van der Waals surface area contributed by atoms with E-state index in [0.717, 1.165) is 5.69 Å². The summed E-state index contributed by atoms with van der Waals surface area (Å²) in [7, 11) is 3.23. The lowest BCUT2D eigenvalue weighted by Gasteiger charge is -2.26. The number of nitrogens with one attached hydrogen (secondary N) is 1. The fourth-order valence-electron chi connectivity index (χ4n) is 3.39. The van der Waals surface area contributed by atoms with Gasteiger partial charge in [-0.05, 0) is 33.8 Å². The van der Waals surface area contributed by atoms with Crippen LogP contribution in [0, 0.1) is 6.92 Å². The maximum atomic E-state index is 11.5. The van der Waals surface area contributed by atoms with Gasteiger partial charge in [0.1, 0.15) is 18.4 Å². The number of aromatic nitrogens is 3. The van der Waals surface area contributed by atoms with Gasteiger partial charge in [0.15, 0.2) is 5.79 Å². The Bertz CT molecular complexity index is 860. The summed E-state index contributed by atoms with van der Waals surface area (Å²) in [6.45, 7) is 9.76. The topological polar surface area (TPSA) is 101 Å². The van der Waals surface area contributed by atoms with Gasteiger partial charge in [-0.3, -0.25) is 14.8 Å². The number of hydrogen-bond donors (Lipinski definition) is 1. The largest absolute Gasteiger partial charge is 0.366 e. The average Bonchev–Trinajstić information content (AvgIpc) is 3.31. The van der Waals surface area contributed by atoms with E-state index < -0.39 is 5.79 Å². The first-order chi connectivity index (χ1) is 13.1. The van der Waals surface area contributed by atoms with Crippen LogP contribution in [0.1, 0.15) is 51.6 Å². The molecule has 1 aliphatic rings. The zero-order valence-corrected chi connectivity index (χ0v) is 17.5. The van der Waals surface area contributed by atoms with Gasteiger partial charge in [-0.2, -0.15) is 5.10 Å². The van der Waals surface area contributed by atoms with E-state index in [9.17, 15) is 4.79 Å². The molecule has 9 heteroatoms. The van der Waals surface area contributed by atoms with Crippen molar-refractivity contribution >= 4 is 11.8 Å². The molecule has 1 fully saturated rings. The fourth-order valence-corrected chi connectivity index (χ4v) is 3.39. The highest BCUT2D eigenvalue weighted by molar-refractivity contribution is 5.91. The molecule has 3 heterocycles. The number of methoxy groups -OCH3 is 2. The van der Waals surface area contributed by atoms with Crippen LogP contribution in [0.25, 0.3) is 11.3 Å². The minimum absolute atomic E-state index is 0.239. The van der Waals surface area contributed by atoms with E-state index in [4.69, 9.17) is 23.8 Å². The zero-order chi connectivity index (χ0) is 20.7. The van der Waals surface area contributed by atoms with Crippen LogP contribution in [0.15, 0.2) is 10.6 Å². The summed E-state index contributed by atoms with van der Waals surface area (Å²) in [6, 6.07) is 1.95. The van der Waals surface area contributed by atoms with E-state index in [-0.39, 0.29) is 23.4 Å². The van der Waals surface area contributed by atoms with Crippen LogP contribution in [-0.2, 0) is 24.5 Å². The van der Waals surface area contributed by atoms with Crippen molar-refractivity contribution < 1.29 is 23.5 Å². The maximum Gasteiger partial charge on any atom is 0.241 e. The Morgan fingerprint density at radius 2 is 2.04 bits per heavy atom. The highest BCUT2D eigenvalue weighted by Crippen LogP contribution is 2.41. The third-order valence-corrected chi connectivity index (χ3v) is 4.86. The Morgan fingerprint density at radius 1 is 1.36 bits per heavy atom. The summed E-state index contributed by atoms with van der Waals surface area (Å²) in [5.41, 5.74) is 2.56. The predicted molar refractivity (Wildman–Crippen MR) is 102 cm³/mol. The molecule has 0 spiro atoms. The number of amides is 1. The Balaban J connectivity index is 2.06. The van der Waals surface area contributed by atoms with Gasteiger partial charge in [-0.25, -0.2) is 0 Å². The number of rotatable bonds is 5. The molecule has 1 saturated heterocycles. The van der Waals surface area contributed by atoms with Gasteiger partial charge in [0.05, 0.1) is 22.5 Å². The molecule has 1 amide bonds. The lowest BCUT2D eigenvalue weighted by atomic mass is 10.0. The number of aryl methyl sites for hydroxylation is 1. The zero-order valence-electron chi connectivity index (χ0n) is 17.5. The van der Waals surface area contributed by atoms with Gasteiger partial charge in [0.2, 0.25) is 11.8 Å². The van der Waals surface area contributed by atoms with E-state index in [1.54, 1.807) is 14.2 Å². The van der Waals surface area contributed by atoms with Crippen molar-refractivity contribution in [3.05, 3.63) is 17.5 Å². The minimum Gasteiger partial charge on any atom is -0.366 e. The number of hydrogen-bond acceptors (Lipinski definition) is 7. The Hall–Kier alpha value is -2.23. The molecule has 2 aromatic heterocycles. The number of carbonyl (C=O) groups excluding carboxylic acids is 1. The van der Waals surface area contributed by atoms with Crippen LogP contribution >= 0.6 is 0 Å². The predicted octanol–water partition coefficient (Wildman–Crippen LogP) is 3.01. The smallest absolute Gasteiger partial charge is 0.241 e. The second-order valence-corrected chi connectivity index (χ2v) is 8.01. The quantitative estimate of drug-likeness (QED) is 0.781. The van der Waals surface area contributed by atoms with Crippen molar-refractivity contribution in [1.82, 2.24) is 14.9 Å². The normalized spacial score (nSPS) is 19.2. The minimum atomic E-state index is -0.772. The Labute approximate surface area is 164 Å². The Kier molecular flexibility index (Phi) is 5.35. The second-order valence-electron chi connectivity index (χ2n) is 8.01. The third-order valence-electron chi connectivity index (χ3n) is 4.86. The summed E-state index contributed by atoms with van der Waals surface area (Å²) in [5.74, 6) is -0.728. The molecule has 1 unspecified atom stereocenters. The van der Waals surface area contributed by atoms with Crippen LogP contribution in [0.3, 0.4) is 0 Å². The van der Waals surface area contributed by atoms with E-state index in [1.165, 1.54) is 6.92 Å². The van der Waals surface area contributed by atoms with Gasteiger partial charge in [0.25, 0.3) is 0 Å². The monoisotopic (exact) mass is 392 g/mol. The van der Waals surface area contributed by atoms with Gasteiger partial charge in [-0.15, -0.1) is 0 Å². The number of carbonyl (C=O) groups is 1. The fraction of sp³-hybridized carbons (Fsp3) is 0.632. The highest BCUT2D eigenvalue weighted by atomic mass is 16.7. The van der Waals surface area contributed by atoms with Crippen molar-refractivity contribution in [3.8, 4) is 11.3 Å². The first-order valence-corrected chi connectivity index (χ1v) is 9.17. The molecule has 28 heavy (non-hydrogen) atoms. The molecule has 0 saturated carbocycles. The van der Waals surface area contributed by atoms with Crippen molar-refractivity contribution in [1.29, 1.82) is 0 Å². The standard InChI is InChI=1S/C19H28N4O5/c1-11-16(17(28-22-11)20-12(2)24)13-8-14(23(21-13)18(3,4)5)15-9-19(25-6,26-7)10-27-15/h8,15H,9-10H2,1-7H3,(H,20,24). The molecule has 9 nitrogen and oxygen atoms in total. The summed E-state index contributed by atoms with van der Waals surface area (Å²) in [6.07, 6.45) is 0.298. The summed E-state index contributed by atoms with van der Waals surface area (Å²) in [5, 5.41) is 11.5. The summed E-state index contributed by atoms with van der Waals surface area (Å²) < 4.78 is 24.3.